The first-order chi connectivity index (χ1) is 9.56. The molecule has 0 unspecified atom stereocenters. The first-order valence-corrected chi connectivity index (χ1v) is 6.69. The number of aromatic nitrogens is 1. The normalized spacial score (nSPS) is 10.9. The van der Waals surface area contributed by atoms with Crippen molar-refractivity contribution in [2.24, 2.45) is 12.1 Å². The van der Waals surface area contributed by atoms with E-state index in [2.05, 4.69) is 10.5 Å². The molecule has 0 saturated carbocycles. The lowest BCUT2D eigenvalue weighted by molar-refractivity contribution is -0.120. The Kier molecular flexibility index (Phi) is 4.82. The van der Waals surface area contributed by atoms with Gasteiger partial charge in [-0.1, -0.05) is 29.3 Å². The van der Waals surface area contributed by atoms with Crippen LogP contribution in [0.3, 0.4) is 0 Å². The molecule has 2 rings (SSSR count). The van der Waals surface area contributed by atoms with E-state index in [9.17, 15) is 4.79 Å². The molecule has 20 heavy (non-hydrogen) atoms. The van der Waals surface area contributed by atoms with Gasteiger partial charge in [0.15, 0.2) is 0 Å². The van der Waals surface area contributed by atoms with Gasteiger partial charge in [-0.2, -0.15) is 5.10 Å². The van der Waals surface area contributed by atoms with Gasteiger partial charge in [0.05, 0.1) is 17.7 Å². The van der Waals surface area contributed by atoms with Gasteiger partial charge in [0.2, 0.25) is 5.91 Å². The Morgan fingerprint density at radius 1 is 1.40 bits per heavy atom. The molecular weight excluding hydrogens is 297 g/mol. The third-order valence-corrected chi connectivity index (χ3v) is 3.31. The second-order valence-electron chi connectivity index (χ2n) is 4.25. The zero-order valence-electron chi connectivity index (χ0n) is 10.8. The van der Waals surface area contributed by atoms with Crippen molar-refractivity contribution in [2.45, 2.75) is 6.42 Å². The van der Waals surface area contributed by atoms with Gasteiger partial charge in [0, 0.05) is 29.5 Å². The van der Waals surface area contributed by atoms with Gasteiger partial charge < -0.3 is 4.57 Å². The standard InChI is InChI=1S/C14H13Cl2N3O/c1-19-6-2-3-12(19)8-14(20)18-17-9-10-4-5-11(15)7-13(10)16/h2-7,9H,8H2,1H3,(H,18,20)/b17-9+. The van der Waals surface area contributed by atoms with Crippen LogP contribution < -0.4 is 5.43 Å². The van der Waals surface area contributed by atoms with Crippen molar-refractivity contribution in [1.29, 1.82) is 0 Å². The predicted octanol–water partition coefficient (Wildman–Crippen LogP) is 3.02. The number of amides is 1. The van der Waals surface area contributed by atoms with E-state index in [0.29, 0.717) is 15.6 Å². The lowest BCUT2D eigenvalue weighted by Crippen LogP contribution is -2.20. The van der Waals surface area contributed by atoms with E-state index in [4.69, 9.17) is 23.2 Å². The van der Waals surface area contributed by atoms with Crippen molar-refractivity contribution in [3.8, 4) is 0 Å². The molecule has 4 nitrogen and oxygen atoms in total. The van der Waals surface area contributed by atoms with Crippen molar-refractivity contribution in [3.63, 3.8) is 0 Å². The van der Waals surface area contributed by atoms with Gasteiger partial charge in [-0.25, -0.2) is 5.43 Å². The zero-order chi connectivity index (χ0) is 14.5. The average Bonchev–Trinajstić information content (AvgIpc) is 2.78. The number of carbonyl (C=O) groups is 1. The SMILES string of the molecule is Cn1cccc1CC(=O)N/N=C/c1ccc(Cl)cc1Cl. The molecule has 0 bridgehead atoms. The molecule has 1 amide bonds. The Hall–Kier alpha value is -1.78. The maximum Gasteiger partial charge on any atom is 0.245 e. The van der Waals surface area contributed by atoms with E-state index in [1.807, 2.05) is 29.9 Å². The van der Waals surface area contributed by atoms with Gasteiger partial charge in [-0.05, 0) is 24.3 Å². The number of benzene rings is 1. The van der Waals surface area contributed by atoms with Crippen molar-refractivity contribution in [2.75, 3.05) is 0 Å². The fraction of sp³-hybridized carbons (Fsp3) is 0.143. The summed E-state index contributed by atoms with van der Waals surface area (Å²) in [7, 11) is 1.89. The molecule has 0 saturated heterocycles. The highest BCUT2D eigenvalue weighted by Crippen LogP contribution is 2.19. The Morgan fingerprint density at radius 3 is 2.85 bits per heavy atom. The first kappa shape index (κ1) is 14.6. The Balaban J connectivity index is 1.93. The lowest BCUT2D eigenvalue weighted by Gasteiger charge is -2.02. The van der Waals surface area contributed by atoms with E-state index in [0.717, 1.165) is 5.69 Å². The highest BCUT2D eigenvalue weighted by molar-refractivity contribution is 6.36. The highest BCUT2D eigenvalue weighted by atomic mass is 35.5. The molecule has 0 fully saturated rings. The van der Waals surface area contributed by atoms with Crippen LogP contribution in [0.25, 0.3) is 0 Å². The summed E-state index contributed by atoms with van der Waals surface area (Å²) in [6.07, 6.45) is 3.65. The Morgan fingerprint density at radius 2 is 2.20 bits per heavy atom. The predicted molar refractivity (Wildman–Crippen MR) is 81.3 cm³/mol. The van der Waals surface area contributed by atoms with Gasteiger partial charge in [-0.3, -0.25) is 4.79 Å². The van der Waals surface area contributed by atoms with Crippen LogP contribution in [0.15, 0.2) is 41.6 Å². The van der Waals surface area contributed by atoms with Crippen molar-refractivity contribution < 1.29 is 4.79 Å². The van der Waals surface area contributed by atoms with Crippen LogP contribution in [0, 0.1) is 0 Å². The minimum Gasteiger partial charge on any atom is -0.354 e. The van der Waals surface area contributed by atoms with E-state index >= 15 is 0 Å². The smallest absolute Gasteiger partial charge is 0.245 e. The van der Waals surface area contributed by atoms with Crippen LogP contribution in [-0.2, 0) is 18.3 Å². The molecule has 104 valence electrons. The maximum absolute atomic E-state index is 11.7. The molecule has 0 aliphatic carbocycles. The number of hydrogen-bond donors (Lipinski definition) is 1. The van der Waals surface area contributed by atoms with E-state index in [-0.39, 0.29) is 12.3 Å². The third-order valence-electron chi connectivity index (χ3n) is 2.75. The van der Waals surface area contributed by atoms with Crippen LogP contribution in [-0.4, -0.2) is 16.7 Å². The molecule has 1 aromatic heterocycles. The zero-order valence-corrected chi connectivity index (χ0v) is 12.3. The largest absolute Gasteiger partial charge is 0.354 e. The molecule has 0 aliphatic heterocycles. The van der Waals surface area contributed by atoms with Gasteiger partial charge in [0.1, 0.15) is 0 Å². The Labute approximate surface area is 127 Å². The van der Waals surface area contributed by atoms with Crippen molar-refractivity contribution in [1.82, 2.24) is 9.99 Å². The van der Waals surface area contributed by atoms with E-state index in [1.54, 1.807) is 18.2 Å². The number of aryl methyl sites for hydroxylation is 1. The monoisotopic (exact) mass is 309 g/mol. The molecule has 1 heterocycles. The van der Waals surface area contributed by atoms with Crippen molar-refractivity contribution in [3.05, 3.63) is 57.8 Å². The molecule has 0 atom stereocenters. The number of carbonyl (C=O) groups excluding carboxylic acids is 1. The summed E-state index contributed by atoms with van der Waals surface area (Å²) in [5.74, 6) is -0.187. The second kappa shape index (κ2) is 6.59. The molecule has 0 aliphatic rings. The van der Waals surface area contributed by atoms with Gasteiger partial charge >= 0.3 is 0 Å². The summed E-state index contributed by atoms with van der Waals surface area (Å²) in [6, 6.07) is 8.84. The summed E-state index contributed by atoms with van der Waals surface area (Å²) in [5.41, 5.74) is 4.07. The lowest BCUT2D eigenvalue weighted by atomic mass is 10.2. The fourth-order valence-electron chi connectivity index (χ4n) is 1.66. The minimum atomic E-state index is -0.187. The van der Waals surface area contributed by atoms with Crippen LogP contribution in [0.1, 0.15) is 11.3 Å². The number of nitrogens with zero attached hydrogens (tertiary/aromatic N) is 2. The number of hydrazone groups is 1. The summed E-state index contributed by atoms with van der Waals surface area (Å²) in [4.78, 5) is 11.7. The van der Waals surface area contributed by atoms with E-state index < -0.39 is 0 Å². The van der Waals surface area contributed by atoms with Gasteiger partial charge in [0.25, 0.3) is 0 Å². The van der Waals surface area contributed by atoms with Crippen LogP contribution >= 0.6 is 23.2 Å². The summed E-state index contributed by atoms with van der Waals surface area (Å²) in [6.45, 7) is 0. The molecule has 0 radical (unpaired) electrons. The van der Waals surface area contributed by atoms with Gasteiger partial charge in [-0.15, -0.1) is 0 Å². The number of hydrogen-bond acceptors (Lipinski definition) is 2. The summed E-state index contributed by atoms with van der Waals surface area (Å²) >= 11 is 11.8. The second-order valence-corrected chi connectivity index (χ2v) is 5.09. The minimum absolute atomic E-state index is 0.187. The summed E-state index contributed by atoms with van der Waals surface area (Å²) in [5, 5.41) is 4.92. The Bertz CT molecular complexity index is 650. The van der Waals surface area contributed by atoms with Crippen LogP contribution in [0.2, 0.25) is 10.0 Å². The van der Waals surface area contributed by atoms with Crippen LogP contribution in [0.5, 0.6) is 0 Å². The fourth-order valence-corrected chi connectivity index (χ4v) is 2.12. The molecule has 2 aromatic rings. The number of rotatable bonds is 4. The topological polar surface area (TPSA) is 46.4 Å². The van der Waals surface area contributed by atoms with E-state index in [1.165, 1.54) is 6.21 Å². The molecule has 6 heteroatoms. The molecular formula is C14H13Cl2N3O. The quantitative estimate of drug-likeness (QED) is 0.685. The first-order valence-electron chi connectivity index (χ1n) is 5.93. The average molecular weight is 310 g/mol. The third kappa shape index (κ3) is 3.85. The maximum atomic E-state index is 11.7. The summed E-state index contributed by atoms with van der Waals surface area (Å²) < 4.78 is 1.89. The molecule has 1 N–H and O–H groups in total. The molecule has 0 spiro atoms. The number of halogens is 2. The highest BCUT2D eigenvalue weighted by Gasteiger charge is 2.04. The molecule has 1 aromatic carbocycles. The van der Waals surface area contributed by atoms with Crippen LogP contribution in [0.4, 0.5) is 0 Å². The number of nitrogens with one attached hydrogen (secondary N) is 1. The van der Waals surface area contributed by atoms with Crippen molar-refractivity contribution >= 4 is 35.3 Å².